The molecule has 7 heteroatoms. The van der Waals surface area contributed by atoms with Crippen LogP contribution >= 0.6 is 0 Å². The SMILES string of the molecule is CC(C)CC(CNC(=O)NC1CCN(c2ccccn2)CC1)N1CCOCC1. The highest BCUT2D eigenvalue weighted by atomic mass is 16.5. The molecule has 1 aromatic rings. The molecular weight excluding hydrogens is 354 g/mol. The molecule has 1 atom stereocenters. The predicted molar refractivity (Wildman–Crippen MR) is 112 cm³/mol. The smallest absolute Gasteiger partial charge is 0.315 e. The van der Waals surface area contributed by atoms with E-state index in [4.69, 9.17) is 4.74 Å². The van der Waals surface area contributed by atoms with Crippen LogP contribution in [0.4, 0.5) is 10.6 Å². The molecule has 0 aromatic carbocycles. The van der Waals surface area contributed by atoms with Gasteiger partial charge in [0.15, 0.2) is 0 Å². The van der Waals surface area contributed by atoms with Gasteiger partial charge >= 0.3 is 6.03 Å². The van der Waals surface area contributed by atoms with Crippen LogP contribution in [0.3, 0.4) is 0 Å². The van der Waals surface area contributed by atoms with Crippen molar-refractivity contribution in [2.75, 3.05) is 50.8 Å². The van der Waals surface area contributed by atoms with Crippen molar-refractivity contribution >= 4 is 11.8 Å². The second kappa shape index (κ2) is 10.6. The van der Waals surface area contributed by atoms with Crippen molar-refractivity contribution < 1.29 is 9.53 Å². The number of urea groups is 1. The lowest BCUT2D eigenvalue weighted by Gasteiger charge is -2.36. The monoisotopic (exact) mass is 389 g/mol. The molecular formula is C21H35N5O2. The fourth-order valence-electron chi connectivity index (χ4n) is 4.09. The molecule has 1 unspecified atom stereocenters. The van der Waals surface area contributed by atoms with Gasteiger partial charge in [-0.15, -0.1) is 0 Å². The number of hydrogen-bond acceptors (Lipinski definition) is 5. The zero-order valence-electron chi connectivity index (χ0n) is 17.3. The van der Waals surface area contributed by atoms with Gasteiger partial charge in [0.05, 0.1) is 13.2 Å². The van der Waals surface area contributed by atoms with E-state index in [-0.39, 0.29) is 12.1 Å². The topological polar surface area (TPSA) is 69.7 Å². The Labute approximate surface area is 168 Å². The third-order valence-electron chi connectivity index (χ3n) is 5.61. The second-order valence-electron chi connectivity index (χ2n) is 8.24. The van der Waals surface area contributed by atoms with Crippen molar-refractivity contribution in [2.24, 2.45) is 5.92 Å². The number of piperidine rings is 1. The lowest BCUT2D eigenvalue weighted by atomic mass is 10.0. The van der Waals surface area contributed by atoms with Gasteiger partial charge in [0.25, 0.3) is 0 Å². The number of nitrogens with zero attached hydrogens (tertiary/aromatic N) is 3. The highest BCUT2D eigenvalue weighted by Gasteiger charge is 2.24. The summed E-state index contributed by atoms with van der Waals surface area (Å²) in [7, 11) is 0. The van der Waals surface area contributed by atoms with Crippen LogP contribution in [0.15, 0.2) is 24.4 Å². The van der Waals surface area contributed by atoms with E-state index in [1.165, 1.54) is 0 Å². The third kappa shape index (κ3) is 6.34. The Balaban J connectivity index is 1.40. The molecule has 3 heterocycles. The number of hydrogen-bond donors (Lipinski definition) is 2. The predicted octanol–water partition coefficient (Wildman–Crippen LogP) is 2.10. The number of aromatic nitrogens is 1. The van der Waals surface area contributed by atoms with Gasteiger partial charge in [0, 0.05) is 51.0 Å². The largest absolute Gasteiger partial charge is 0.379 e. The number of anilines is 1. The van der Waals surface area contributed by atoms with Crippen LogP contribution in [0.1, 0.15) is 33.1 Å². The first-order valence-electron chi connectivity index (χ1n) is 10.6. The molecule has 28 heavy (non-hydrogen) atoms. The summed E-state index contributed by atoms with van der Waals surface area (Å²) in [6.45, 7) is 10.5. The fraction of sp³-hybridized carbons (Fsp3) is 0.714. The molecule has 2 aliphatic rings. The summed E-state index contributed by atoms with van der Waals surface area (Å²) in [6, 6.07) is 6.56. The van der Waals surface area contributed by atoms with Gasteiger partial charge in [-0.05, 0) is 37.3 Å². The Morgan fingerprint density at radius 2 is 1.96 bits per heavy atom. The molecule has 0 radical (unpaired) electrons. The van der Waals surface area contributed by atoms with Gasteiger partial charge in [-0.1, -0.05) is 19.9 Å². The van der Waals surface area contributed by atoms with Crippen molar-refractivity contribution in [1.29, 1.82) is 0 Å². The number of carbonyl (C=O) groups is 1. The van der Waals surface area contributed by atoms with Gasteiger partial charge < -0.3 is 20.3 Å². The molecule has 7 nitrogen and oxygen atoms in total. The highest BCUT2D eigenvalue weighted by molar-refractivity contribution is 5.74. The Morgan fingerprint density at radius 3 is 2.61 bits per heavy atom. The molecule has 156 valence electrons. The number of ether oxygens (including phenoxy) is 1. The number of morpholine rings is 1. The summed E-state index contributed by atoms with van der Waals surface area (Å²) in [6.07, 6.45) is 4.81. The lowest BCUT2D eigenvalue weighted by molar-refractivity contribution is 0.0129. The third-order valence-corrected chi connectivity index (χ3v) is 5.61. The van der Waals surface area contributed by atoms with E-state index in [0.717, 1.165) is 64.5 Å². The van der Waals surface area contributed by atoms with E-state index in [9.17, 15) is 4.79 Å². The van der Waals surface area contributed by atoms with Gasteiger partial charge in [-0.2, -0.15) is 0 Å². The standard InChI is InChI=1S/C21H35N5O2/c1-17(2)15-19(25-11-13-28-14-12-25)16-23-21(27)24-18-6-9-26(10-7-18)20-5-3-4-8-22-20/h3-5,8,17-19H,6-7,9-16H2,1-2H3,(H2,23,24,27). The van der Waals surface area contributed by atoms with E-state index >= 15 is 0 Å². The molecule has 1 aromatic heterocycles. The van der Waals surface area contributed by atoms with Crippen LogP contribution in [0.25, 0.3) is 0 Å². The number of amides is 2. The van der Waals surface area contributed by atoms with Crippen LogP contribution < -0.4 is 15.5 Å². The van der Waals surface area contributed by atoms with E-state index in [1.54, 1.807) is 0 Å². The second-order valence-corrected chi connectivity index (χ2v) is 8.24. The molecule has 2 N–H and O–H groups in total. The summed E-state index contributed by atoms with van der Waals surface area (Å²) >= 11 is 0. The molecule has 0 bridgehead atoms. The first-order valence-corrected chi connectivity index (χ1v) is 10.6. The minimum Gasteiger partial charge on any atom is -0.379 e. The Hall–Kier alpha value is -1.86. The van der Waals surface area contributed by atoms with Crippen LogP contribution in [0.2, 0.25) is 0 Å². The summed E-state index contributed by atoms with van der Waals surface area (Å²) < 4.78 is 5.47. The lowest BCUT2D eigenvalue weighted by Crippen LogP contribution is -2.52. The maximum atomic E-state index is 12.4. The Morgan fingerprint density at radius 1 is 1.21 bits per heavy atom. The first kappa shape index (κ1) is 20.9. The molecule has 3 rings (SSSR count). The van der Waals surface area contributed by atoms with Crippen molar-refractivity contribution in [1.82, 2.24) is 20.5 Å². The summed E-state index contributed by atoms with van der Waals surface area (Å²) in [4.78, 5) is 21.6. The van der Waals surface area contributed by atoms with E-state index in [0.29, 0.717) is 18.5 Å². The molecule has 2 saturated heterocycles. The van der Waals surface area contributed by atoms with Gasteiger partial charge in [-0.3, -0.25) is 4.90 Å². The van der Waals surface area contributed by atoms with E-state index in [1.807, 2.05) is 24.4 Å². The van der Waals surface area contributed by atoms with Gasteiger partial charge in [-0.25, -0.2) is 9.78 Å². The maximum Gasteiger partial charge on any atom is 0.315 e. The minimum absolute atomic E-state index is 0.0432. The summed E-state index contributed by atoms with van der Waals surface area (Å²) in [5, 5.41) is 6.28. The van der Waals surface area contributed by atoms with Gasteiger partial charge in [0.1, 0.15) is 5.82 Å². The molecule has 2 fully saturated rings. The average Bonchev–Trinajstić information content (AvgIpc) is 2.73. The van der Waals surface area contributed by atoms with Crippen LogP contribution in [-0.4, -0.2) is 73.9 Å². The number of pyridine rings is 1. The fourth-order valence-corrected chi connectivity index (χ4v) is 4.09. The van der Waals surface area contributed by atoms with Crippen molar-refractivity contribution in [3.63, 3.8) is 0 Å². The Bertz CT molecular complexity index is 584. The van der Waals surface area contributed by atoms with Crippen molar-refractivity contribution in [2.45, 2.75) is 45.2 Å². The quantitative estimate of drug-likeness (QED) is 0.747. The molecule has 2 amide bonds. The summed E-state index contributed by atoms with van der Waals surface area (Å²) in [5.74, 6) is 1.63. The molecule has 2 aliphatic heterocycles. The number of carbonyl (C=O) groups excluding carboxylic acids is 1. The highest BCUT2D eigenvalue weighted by Crippen LogP contribution is 2.17. The zero-order chi connectivity index (χ0) is 19.8. The van der Waals surface area contributed by atoms with E-state index < -0.39 is 0 Å². The maximum absolute atomic E-state index is 12.4. The number of nitrogens with one attached hydrogen (secondary N) is 2. The average molecular weight is 390 g/mol. The molecule has 0 spiro atoms. The normalized spacial score (nSPS) is 20.2. The zero-order valence-corrected chi connectivity index (χ0v) is 17.3. The summed E-state index contributed by atoms with van der Waals surface area (Å²) in [5.41, 5.74) is 0. The van der Waals surface area contributed by atoms with Crippen molar-refractivity contribution in [3.05, 3.63) is 24.4 Å². The molecule has 0 aliphatic carbocycles. The van der Waals surface area contributed by atoms with Crippen LogP contribution in [-0.2, 0) is 4.74 Å². The minimum atomic E-state index is -0.0432. The molecule has 0 saturated carbocycles. The number of rotatable bonds is 7. The van der Waals surface area contributed by atoms with Gasteiger partial charge in [0.2, 0.25) is 0 Å². The first-order chi connectivity index (χ1) is 13.6. The van der Waals surface area contributed by atoms with E-state index in [2.05, 4.69) is 39.3 Å². The van der Waals surface area contributed by atoms with Crippen LogP contribution in [0.5, 0.6) is 0 Å². The van der Waals surface area contributed by atoms with Crippen molar-refractivity contribution in [3.8, 4) is 0 Å². The Kier molecular flexibility index (Phi) is 7.91. The van der Waals surface area contributed by atoms with Crippen LogP contribution in [0, 0.1) is 5.92 Å².